The number of amides is 3. The van der Waals surface area contributed by atoms with Crippen molar-refractivity contribution >= 4 is 23.5 Å². The number of hydrogen-bond acceptors (Lipinski definition) is 5. The van der Waals surface area contributed by atoms with Gasteiger partial charge in [-0.15, -0.1) is 0 Å². The van der Waals surface area contributed by atoms with E-state index < -0.39 is 11.5 Å². The quantitative estimate of drug-likeness (QED) is 0.0938. The first kappa shape index (κ1) is 40.5. The summed E-state index contributed by atoms with van der Waals surface area (Å²) in [7, 11) is 0. The van der Waals surface area contributed by atoms with Crippen molar-refractivity contribution in [2.45, 2.75) is 84.2 Å². The first-order chi connectivity index (χ1) is 23.8. The highest BCUT2D eigenvalue weighted by molar-refractivity contribution is 6.07. The van der Waals surface area contributed by atoms with Crippen LogP contribution in [0.4, 0.5) is 0 Å². The van der Waals surface area contributed by atoms with Crippen molar-refractivity contribution in [1.82, 2.24) is 15.5 Å². The predicted molar refractivity (Wildman–Crippen MR) is 198 cm³/mol. The molecule has 0 radical (unpaired) electrons. The molecule has 0 aromatic heterocycles. The molecular formula is C41H55N3O5. The smallest absolute Gasteiger partial charge is 0.286 e. The Hall–Kier alpha value is -4.72. The zero-order valence-corrected chi connectivity index (χ0v) is 29.6. The lowest BCUT2D eigenvalue weighted by Crippen LogP contribution is -2.39. The molecule has 0 bridgehead atoms. The van der Waals surface area contributed by atoms with Crippen LogP contribution in [-0.2, 0) is 29.5 Å². The van der Waals surface area contributed by atoms with E-state index in [-0.39, 0.29) is 29.9 Å². The summed E-state index contributed by atoms with van der Waals surface area (Å²) < 4.78 is 5.77. The molecule has 0 saturated heterocycles. The Balaban J connectivity index is 1.51. The fourth-order valence-corrected chi connectivity index (χ4v) is 4.88. The summed E-state index contributed by atoms with van der Waals surface area (Å²) in [5, 5.41) is 5.63. The molecule has 0 fully saturated rings. The number of carbonyl (C=O) groups is 4. The summed E-state index contributed by atoms with van der Waals surface area (Å²) in [6.45, 7) is 6.66. The summed E-state index contributed by atoms with van der Waals surface area (Å²) in [5.74, 6) is -0.994. The van der Waals surface area contributed by atoms with E-state index in [2.05, 4.69) is 84.4 Å². The topological polar surface area (TPSA) is 105 Å². The Kier molecular flexibility index (Phi) is 20.2. The van der Waals surface area contributed by atoms with Crippen LogP contribution in [0.5, 0.6) is 0 Å². The van der Waals surface area contributed by atoms with Crippen LogP contribution >= 0.6 is 0 Å². The largest absolute Gasteiger partial charge is 0.469 e. The van der Waals surface area contributed by atoms with Gasteiger partial charge < -0.3 is 20.3 Å². The third kappa shape index (κ3) is 16.8. The molecule has 1 unspecified atom stereocenters. The van der Waals surface area contributed by atoms with Gasteiger partial charge in [0.25, 0.3) is 5.91 Å². The molecule has 1 aliphatic rings. The molecule has 8 heteroatoms. The van der Waals surface area contributed by atoms with Crippen molar-refractivity contribution in [3.63, 3.8) is 0 Å². The van der Waals surface area contributed by atoms with Crippen LogP contribution in [0.15, 0.2) is 115 Å². The Labute approximate surface area is 293 Å². The Morgan fingerprint density at radius 2 is 1.31 bits per heavy atom. The second kappa shape index (κ2) is 24.4. The zero-order valence-electron chi connectivity index (χ0n) is 29.6. The Morgan fingerprint density at radius 1 is 0.755 bits per heavy atom. The van der Waals surface area contributed by atoms with E-state index in [9.17, 15) is 19.2 Å². The van der Waals surface area contributed by atoms with Crippen LogP contribution in [0, 0.1) is 0 Å². The Morgan fingerprint density at radius 3 is 1.86 bits per heavy atom. The second-order valence-corrected chi connectivity index (χ2v) is 11.8. The normalized spacial score (nSPS) is 16.5. The van der Waals surface area contributed by atoms with Crippen molar-refractivity contribution < 1.29 is 23.9 Å². The van der Waals surface area contributed by atoms with Crippen molar-refractivity contribution in [1.29, 1.82) is 0 Å². The molecule has 264 valence electrons. The van der Waals surface area contributed by atoms with E-state index in [0.717, 1.165) is 38.5 Å². The Bertz CT molecular complexity index is 1390. The lowest BCUT2D eigenvalue weighted by molar-refractivity contribution is -0.133. The van der Waals surface area contributed by atoms with Crippen LogP contribution < -0.4 is 10.6 Å². The van der Waals surface area contributed by atoms with Gasteiger partial charge >= 0.3 is 0 Å². The van der Waals surface area contributed by atoms with Crippen LogP contribution in [0.3, 0.4) is 0 Å². The zero-order chi connectivity index (χ0) is 35.6. The van der Waals surface area contributed by atoms with Crippen molar-refractivity contribution in [2.24, 2.45) is 0 Å². The number of ketones is 1. The molecule has 0 spiro atoms. The lowest BCUT2D eigenvalue weighted by Gasteiger charge is -2.24. The third-order valence-corrected chi connectivity index (χ3v) is 7.77. The maximum atomic E-state index is 12.6. The molecular weight excluding hydrogens is 614 g/mol. The highest BCUT2D eigenvalue weighted by Gasteiger charge is 2.43. The minimum absolute atomic E-state index is 0.0249. The van der Waals surface area contributed by atoms with Gasteiger partial charge in [-0.3, -0.25) is 19.2 Å². The van der Waals surface area contributed by atoms with Gasteiger partial charge in [-0.05, 0) is 58.3 Å². The van der Waals surface area contributed by atoms with Gasteiger partial charge in [-0.1, -0.05) is 110 Å². The summed E-state index contributed by atoms with van der Waals surface area (Å²) in [4.78, 5) is 51.2. The first-order valence-electron chi connectivity index (χ1n) is 17.5. The molecule has 1 aromatic carbocycles. The van der Waals surface area contributed by atoms with Gasteiger partial charge in [0.15, 0.2) is 11.4 Å². The number of rotatable bonds is 23. The van der Waals surface area contributed by atoms with E-state index in [4.69, 9.17) is 4.74 Å². The molecule has 0 saturated carbocycles. The van der Waals surface area contributed by atoms with Crippen LogP contribution in [0.2, 0.25) is 0 Å². The maximum absolute atomic E-state index is 12.6. The maximum Gasteiger partial charge on any atom is 0.286 e. The number of ether oxygens (including phenoxy) is 1. The van der Waals surface area contributed by atoms with E-state index in [1.165, 1.54) is 13.0 Å². The molecule has 1 aromatic rings. The summed E-state index contributed by atoms with van der Waals surface area (Å²) in [6.07, 6.45) is 34.5. The average molecular weight is 670 g/mol. The molecule has 2 rings (SSSR count). The molecule has 8 nitrogen and oxygen atoms in total. The number of hydrogen-bond donors (Lipinski definition) is 2. The number of carbonyl (C=O) groups excluding carboxylic acids is 4. The lowest BCUT2D eigenvalue weighted by atomic mass is 9.92. The van der Waals surface area contributed by atoms with Gasteiger partial charge in [-0.2, -0.15) is 0 Å². The summed E-state index contributed by atoms with van der Waals surface area (Å²) in [5.41, 5.74) is -0.570. The van der Waals surface area contributed by atoms with Crippen molar-refractivity contribution in [3.05, 3.63) is 121 Å². The van der Waals surface area contributed by atoms with Gasteiger partial charge in [0, 0.05) is 51.2 Å². The summed E-state index contributed by atoms with van der Waals surface area (Å²) in [6, 6.07) is 9.03. The van der Waals surface area contributed by atoms with Crippen molar-refractivity contribution in [3.8, 4) is 0 Å². The number of nitrogens with zero attached hydrogens (tertiary/aromatic N) is 1. The second-order valence-electron chi connectivity index (χ2n) is 11.8. The third-order valence-electron chi connectivity index (χ3n) is 7.77. The molecule has 1 atom stereocenters. The van der Waals surface area contributed by atoms with Crippen molar-refractivity contribution in [2.75, 3.05) is 26.2 Å². The van der Waals surface area contributed by atoms with Crippen LogP contribution in [0.1, 0.15) is 84.1 Å². The molecule has 49 heavy (non-hydrogen) atoms. The van der Waals surface area contributed by atoms with Gasteiger partial charge in [-0.25, -0.2) is 0 Å². The van der Waals surface area contributed by atoms with E-state index in [1.54, 1.807) is 24.0 Å². The van der Waals surface area contributed by atoms with Gasteiger partial charge in [0.1, 0.15) is 0 Å². The molecule has 1 aliphatic heterocycles. The van der Waals surface area contributed by atoms with E-state index >= 15 is 0 Å². The SMILES string of the molecule is CCC=CCC=CCC=CCC=CCC=CCC=CCCC(=O)NCCCN(CCNC(=O)C1=CC(=O)C(C)(c2ccccc2)O1)C(C)=O. The van der Waals surface area contributed by atoms with E-state index in [0.29, 0.717) is 44.5 Å². The first-order valence-corrected chi connectivity index (χ1v) is 17.5. The standard InChI is InChI=1S/C41H55N3O5/c1-4-5-6-7-8-9-10-11-12-13-14-15-16-17-18-19-20-21-25-29-39(47)42-30-26-32-44(35(2)45)33-31-43-40(48)37-34-38(46)41(3,49-37)36-27-23-22-24-28-36/h5-6,8-9,11-12,14-15,17-18,20-24,27-28,34H,4,7,10,13,16,19,25-26,29-33H2,1-3H3,(H,42,47)(H,43,48). The molecule has 0 aliphatic carbocycles. The number of benzene rings is 1. The molecule has 1 heterocycles. The minimum Gasteiger partial charge on any atom is -0.469 e. The predicted octanol–water partition coefficient (Wildman–Crippen LogP) is 7.33. The van der Waals surface area contributed by atoms with Crippen LogP contribution in [0.25, 0.3) is 0 Å². The average Bonchev–Trinajstić information content (AvgIpc) is 3.41. The molecule has 2 N–H and O–H groups in total. The fraction of sp³-hybridized carbons (Fsp3) is 0.415. The molecule has 3 amide bonds. The number of allylic oxidation sites excluding steroid dienone is 12. The fourth-order valence-electron chi connectivity index (χ4n) is 4.88. The summed E-state index contributed by atoms with van der Waals surface area (Å²) >= 11 is 0. The van der Waals surface area contributed by atoms with Gasteiger partial charge in [0.2, 0.25) is 17.6 Å². The highest BCUT2D eigenvalue weighted by Crippen LogP contribution is 2.34. The van der Waals surface area contributed by atoms with E-state index in [1.807, 2.05) is 24.3 Å². The number of nitrogens with one attached hydrogen (secondary N) is 2. The highest BCUT2D eigenvalue weighted by atomic mass is 16.5. The monoisotopic (exact) mass is 669 g/mol. The minimum atomic E-state index is -1.24. The van der Waals surface area contributed by atoms with Gasteiger partial charge in [0.05, 0.1) is 0 Å². The van der Waals surface area contributed by atoms with Crippen LogP contribution in [-0.4, -0.2) is 54.6 Å².